The summed E-state index contributed by atoms with van der Waals surface area (Å²) in [6.07, 6.45) is 1.54. The van der Waals surface area contributed by atoms with E-state index in [0.717, 1.165) is 5.56 Å². The van der Waals surface area contributed by atoms with Gasteiger partial charge < -0.3 is 10.7 Å². The average Bonchev–Trinajstić information content (AvgIpc) is 2.82. The number of benzene rings is 1. The number of H-pyrrole nitrogens is 2. The number of aromatic nitrogens is 3. The van der Waals surface area contributed by atoms with Crippen LogP contribution in [0.25, 0.3) is 22.4 Å². The summed E-state index contributed by atoms with van der Waals surface area (Å²) in [6, 6.07) is 9.12. The molecule has 0 saturated carbocycles. The summed E-state index contributed by atoms with van der Waals surface area (Å²) in [5.41, 5.74) is 8.31. The van der Waals surface area contributed by atoms with Crippen molar-refractivity contribution in [3.8, 4) is 22.4 Å². The average molecular weight is 270 g/mol. The predicted octanol–water partition coefficient (Wildman–Crippen LogP) is 2.15. The zero-order chi connectivity index (χ0) is 14.1. The number of hydrogen-bond acceptors (Lipinski definition) is 3. The van der Waals surface area contributed by atoms with E-state index in [4.69, 9.17) is 5.73 Å². The Bertz CT molecular complexity index is 805. The lowest BCUT2D eigenvalue weighted by Crippen LogP contribution is -2.02. The van der Waals surface area contributed by atoms with E-state index in [1.54, 1.807) is 24.4 Å². The molecule has 2 heterocycles. The Balaban J connectivity index is 2.19. The van der Waals surface area contributed by atoms with Crippen LogP contribution in [0.4, 0.5) is 10.2 Å². The van der Waals surface area contributed by atoms with Crippen molar-refractivity contribution in [2.24, 2.45) is 0 Å². The SMILES string of the molecule is Nc1n[nH]c(-c2cc[nH]c(=O)c2)c1-c1ccc(F)cc1. The summed E-state index contributed by atoms with van der Waals surface area (Å²) in [5, 5.41) is 6.78. The highest BCUT2D eigenvalue weighted by atomic mass is 19.1. The number of nitrogens with two attached hydrogens (primary N) is 1. The second-order valence-electron chi connectivity index (χ2n) is 4.31. The van der Waals surface area contributed by atoms with Crippen molar-refractivity contribution in [2.45, 2.75) is 0 Å². The fourth-order valence-corrected chi connectivity index (χ4v) is 2.07. The van der Waals surface area contributed by atoms with Gasteiger partial charge in [0.2, 0.25) is 5.56 Å². The van der Waals surface area contributed by atoms with E-state index in [0.29, 0.717) is 22.6 Å². The first-order chi connectivity index (χ1) is 9.65. The molecule has 0 aliphatic heterocycles. The van der Waals surface area contributed by atoms with E-state index in [1.807, 2.05) is 0 Å². The first-order valence-corrected chi connectivity index (χ1v) is 5.94. The van der Waals surface area contributed by atoms with Crippen molar-refractivity contribution in [1.29, 1.82) is 0 Å². The molecule has 20 heavy (non-hydrogen) atoms. The van der Waals surface area contributed by atoms with Gasteiger partial charge in [0.1, 0.15) is 5.82 Å². The number of nitrogens with zero attached hydrogens (tertiary/aromatic N) is 1. The molecule has 0 saturated heterocycles. The van der Waals surface area contributed by atoms with Crippen molar-refractivity contribution >= 4 is 5.82 Å². The minimum atomic E-state index is -0.325. The first kappa shape index (κ1) is 12.2. The molecule has 0 atom stereocenters. The maximum Gasteiger partial charge on any atom is 0.248 e. The summed E-state index contributed by atoms with van der Waals surface area (Å²) in [4.78, 5) is 13.9. The van der Waals surface area contributed by atoms with E-state index in [9.17, 15) is 9.18 Å². The van der Waals surface area contributed by atoms with Crippen LogP contribution < -0.4 is 11.3 Å². The molecular formula is C14H11FN4O. The smallest absolute Gasteiger partial charge is 0.248 e. The molecule has 4 N–H and O–H groups in total. The predicted molar refractivity (Wildman–Crippen MR) is 74.5 cm³/mol. The summed E-state index contributed by atoms with van der Waals surface area (Å²) in [7, 11) is 0. The van der Waals surface area contributed by atoms with Gasteiger partial charge in [-0.15, -0.1) is 0 Å². The number of aromatic amines is 2. The Morgan fingerprint density at radius 3 is 2.55 bits per heavy atom. The molecule has 3 rings (SSSR count). The van der Waals surface area contributed by atoms with Crippen LogP contribution in [0.15, 0.2) is 47.4 Å². The highest BCUT2D eigenvalue weighted by molar-refractivity contribution is 5.87. The molecule has 0 radical (unpaired) electrons. The lowest BCUT2D eigenvalue weighted by Gasteiger charge is -2.04. The van der Waals surface area contributed by atoms with E-state index in [-0.39, 0.29) is 11.4 Å². The molecule has 1 aromatic carbocycles. The summed E-state index contributed by atoms with van der Waals surface area (Å²) in [6.45, 7) is 0. The minimum Gasteiger partial charge on any atom is -0.382 e. The fourth-order valence-electron chi connectivity index (χ4n) is 2.07. The van der Waals surface area contributed by atoms with Gasteiger partial charge in [0.15, 0.2) is 5.82 Å². The summed E-state index contributed by atoms with van der Waals surface area (Å²) in [5.74, 6) is -0.0274. The lowest BCUT2D eigenvalue weighted by atomic mass is 10.0. The van der Waals surface area contributed by atoms with E-state index < -0.39 is 0 Å². The van der Waals surface area contributed by atoms with Gasteiger partial charge in [-0.25, -0.2) is 4.39 Å². The number of anilines is 1. The van der Waals surface area contributed by atoms with Gasteiger partial charge in [0.25, 0.3) is 0 Å². The lowest BCUT2D eigenvalue weighted by molar-refractivity contribution is 0.628. The number of hydrogen-bond donors (Lipinski definition) is 3. The molecular weight excluding hydrogens is 259 g/mol. The molecule has 0 fully saturated rings. The zero-order valence-corrected chi connectivity index (χ0v) is 10.4. The van der Waals surface area contributed by atoms with Crippen LogP contribution >= 0.6 is 0 Å². The number of nitrogens with one attached hydrogen (secondary N) is 2. The van der Waals surface area contributed by atoms with Crippen molar-refractivity contribution in [3.63, 3.8) is 0 Å². The molecule has 0 aliphatic carbocycles. The Labute approximate surface area is 113 Å². The van der Waals surface area contributed by atoms with Gasteiger partial charge in [0.05, 0.1) is 11.3 Å². The Hall–Kier alpha value is -2.89. The van der Waals surface area contributed by atoms with Crippen LogP contribution in [-0.2, 0) is 0 Å². The van der Waals surface area contributed by atoms with Crippen LogP contribution in [0, 0.1) is 5.82 Å². The third-order valence-electron chi connectivity index (χ3n) is 2.99. The number of rotatable bonds is 2. The van der Waals surface area contributed by atoms with Gasteiger partial charge in [-0.3, -0.25) is 9.89 Å². The zero-order valence-electron chi connectivity index (χ0n) is 10.4. The molecule has 6 heteroatoms. The largest absolute Gasteiger partial charge is 0.382 e. The van der Waals surface area contributed by atoms with Crippen molar-refractivity contribution in [1.82, 2.24) is 15.2 Å². The standard InChI is InChI=1S/C14H11FN4O/c15-10-3-1-8(2-4-10)12-13(18-19-14(12)16)9-5-6-17-11(20)7-9/h1-7H,(H,17,20)(H3,16,18,19). The summed E-state index contributed by atoms with van der Waals surface area (Å²) < 4.78 is 13.0. The topological polar surface area (TPSA) is 87.6 Å². The molecule has 0 amide bonds. The molecule has 2 aromatic heterocycles. The third-order valence-corrected chi connectivity index (χ3v) is 2.99. The molecule has 100 valence electrons. The van der Waals surface area contributed by atoms with Gasteiger partial charge in [-0.05, 0) is 23.8 Å². The number of nitrogen functional groups attached to an aromatic ring is 1. The highest BCUT2D eigenvalue weighted by Crippen LogP contribution is 2.33. The quantitative estimate of drug-likeness (QED) is 0.666. The van der Waals surface area contributed by atoms with Crippen LogP contribution in [0.1, 0.15) is 0 Å². The van der Waals surface area contributed by atoms with Crippen molar-refractivity contribution in [2.75, 3.05) is 5.73 Å². The molecule has 0 bridgehead atoms. The van der Waals surface area contributed by atoms with E-state index >= 15 is 0 Å². The van der Waals surface area contributed by atoms with Crippen LogP contribution in [0.2, 0.25) is 0 Å². The normalized spacial score (nSPS) is 10.7. The molecule has 0 aliphatic rings. The van der Waals surface area contributed by atoms with Crippen molar-refractivity contribution < 1.29 is 4.39 Å². The molecule has 0 spiro atoms. The monoisotopic (exact) mass is 270 g/mol. The van der Waals surface area contributed by atoms with Crippen LogP contribution in [0.5, 0.6) is 0 Å². The van der Waals surface area contributed by atoms with Crippen LogP contribution in [-0.4, -0.2) is 15.2 Å². The Morgan fingerprint density at radius 1 is 1.10 bits per heavy atom. The molecule has 5 nitrogen and oxygen atoms in total. The number of halogens is 1. The van der Waals surface area contributed by atoms with E-state index in [1.165, 1.54) is 18.2 Å². The van der Waals surface area contributed by atoms with E-state index in [2.05, 4.69) is 15.2 Å². The van der Waals surface area contributed by atoms with Gasteiger partial charge in [-0.1, -0.05) is 12.1 Å². The number of pyridine rings is 1. The maximum atomic E-state index is 13.0. The van der Waals surface area contributed by atoms with Crippen molar-refractivity contribution in [3.05, 3.63) is 58.8 Å². The van der Waals surface area contributed by atoms with Gasteiger partial charge in [-0.2, -0.15) is 5.10 Å². The van der Waals surface area contributed by atoms with Gasteiger partial charge >= 0.3 is 0 Å². The Morgan fingerprint density at radius 2 is 1.85 bits per heavy atom. The fraction of sp³-hybridized carbons (Fsp3) is 0. The molecule has 3 aromatic rings. The third kappa shape index (κ3) is 2.07. The molecule has 0 unspecified atom stereocenters. The van der Waals surface area contributed by atoms with Crippen LogP contribution in [0.3, 0.4) is 0 Å². The first-order valence-electron chi connectivity index (χ1n) is 5.94. The highest BCUT2D eigenvalue weighted by Gasteiger charge is 2.15. The Kier molecular flexibility index (Phi) is 2.83. The second kappa shape index (κ2) is 4.65. The second-order valence-corrected chi connectivity index (χ2v) is 4.31. The summed E-state index contributed by atoms with van der Waals surface area (Å²) >= 11 is 0. The minimum absolute atomic E-state index is 0.222. The van der Waals surface area contributed by atoms with Gasteiger partial charge in [0, 0.05) is 17.8 Å². The maximum absolute atomic E-state index is 13.0.